The van der Waals surface area contributed by atoms with Crippen LogP contribution in [0.1, 0.15) is 16.9 Å². The summed E-state index contributed by atoms with van der Waals surface area (Å²) in [4.78, 5) is 1.19. The molecular formula is C15H17BrO2S. The Morgan fingerprint density at radius 1 is 1.37 bits per heavy atom. The smallest absolute Gasteiger partial charge is 0.119 e. The number of aliphatic hydroxyl groups is 1. The molecule has 0 aliphatic carbocycles. The van der Waals surface area contributed by atoms with Crippen molar-refractivity contribution in [3.63, 3.8) is 0 Å². The summed E-state index contributed by atoms with van der Waals surface area (Å²) in [5.41, 5.74) is 1.18. The average molecular weight is 341 g/mol. The lowest BCUT2D eigenvalue weighted by Crippen LogP contribution is -2.14. The van der Waals surface area contributed by atoms with Gasteiger partial charge in [0.25, 0.3) is 0 Å². The Morgan fingerprint density at radius 2 is 2.21 bits per heavy atom. The minimum atomic E-state index is -0.352. The fraction of sp³-hybridized carbons (Fsp3) is 0.333. The number of ether oxygens (including phenoxy) is 1. The molecule has 2 aromatic rings. The summed E-state index contributed by atoms with van der Waals surface area (Å²) in [5, 5.41) is 12.0. The van der Waals surface area contributed by atoms with Crippen LogP contribution in [0.3, 0.4) is 0 Å². The quantitative estimate of drug-likeness (QED) is 0.854. The number of benzene rings is 1. The summed E-state index contributed by atoms with van der Waals surface area (Å²) in [6.07, 6.45) is 0.979. The fourth-order valence-electron chi connectivity index (χ4n) is 1.81. The minimum Gasteiger partial charge on any atom is -0.493 e. The molecule has 0 aliphatic heterocycles. The van der Waals surface area contributed by atoms with Crippen molar-refractivity contribution >= 4 is 27.3 Å². The molecule has 0 aliphatic rings. The zero-order valence-corrected chi connectivity index (χ0v) is 13.2. The lowest BCUT2D eigenvalue weighted by molar-refractivity contribution is 0.140. The van der Waals surface area contributed by atoms with E-state index in [-0.39, 0.29) is 6.10 Å². The van der Waals surface area contributed by atoms with Gasteiger partial charge in [-0.3, -0.25) is 0 Å². The molecule has 19 heavy (non-hydrogen) atoms. The van der Waals surface area contributed by atoms with Crippen molar-refractivity contribution in [2.75, 3.05) is 6.61 Å². The van der Waals surface area contributed by atoms with E-state index in [1.54, 1.807) is 11.3 Å². The first kappa shape index (κ1) is 14.6. The van der Waals surface area contributed by atoms with E-state index in [0.29, 0.717) is 19.4 Å². The van der Waals surface area contributed by atoms with Crippen LogP contribution in [0, 0.1) is 6.92 Å². The first-order chi connectivity index (χ1) is 9.13. The Labute approximate surface area is 126 Å². The van der Waals surface area contributed by atoms with Crippen LogP contribution in [0.15, 0.2) is 40.2 Å². The predicted molar refractivity (Wildman–Crippen MR) is 83.0 cm³/mol. The third kappa shape index (κ3) is 4.97. The van der Waals surface area contributed by atoms with Crippen LogP contribution in [-0.4, -0.2) is 17.8 Å². The van der Waals surface area contributed by atoms with E-state index in [9.17, 15) is 5.11 Å². The molecule has 0 amide bonds. The van der Waals surface area contributed by atoms with Gasteiger partial charge in [0.1, 0.15) is 5.75 Å². The average Bonchev–Trinajstić information content (AvgIpc) is 2.75. The monoisotopic (exact) mass is 340 g/mol. The van der Waals surface area contributed by atoms with Gasteiger partial charge in [0.05, 0.1) is 12.7 Å². The highest BCUT2D eigenvalue weighted by Crippen LogP contribution is 2.21. The largest absolute Gasteiger partial charge is 0.493 e. The Morgan fingerprint density at radius 3 is 2.89 bits per heavy atom. The number of hydrogen-bond donors (Lipinski definition) is 1. The highest BCUT2D eigenvalue weighted by Gasteiger charge is 2.08. The highest BCUT2D eigenvalue weighted by molar-refractivity contribution is 9.10. The van der Waals surface area contributed by atoms with Crippen molar-refractivity contribution in [3.8, 4) is 5.75 Å². The molecule has 2 nitrogen and oxygen atoms in total. The van der Waals surface area contributed by atoms with Crippen LogP contribution < -0.4 is 4.74 Å². The zero-order valence-electron chi connectivity index (χ0n) is 10.8. The summed E-state index contributed by atoms with van der Waals surface area (Å²) >= 11 is 5.08. The van der Waals surface area contributed by atoms with Crippen molar-refractivity contribution in [2.45, 2.75) is 25.9 Å². The lowest BCUT2D eigenvalue weighted by atomic mass is 10.2. The summed E-state index contributed by atoms with van der Waals surface area (Å²) < 4.78 is 6.71. The third-order valence-corrected chi connectivity index (χ3v) is 4.49. The summed E-state index contributed by atoms with van der Waals surface area (Å²) in [6, 6.07) is 10.0. The molecule has 0 bridgehead atoms. The van der Waals surface area contributed by atoms with Crippen LogP contribution in [0.4, 0.5) is 0 Å². The second kappa shape index (κ2) is 7.08. The highest BCUT2D eigenvalue weighted by atomic mass is 79.9. The molecular weight excluding hydrogens is 324 g/mol. The first-order valence-corrected chi connectivity index (χ1v) is 7.91. The van der Waals surface area contributed by atoms with Gasteiger partial charge in [0.15, 0.2) is 0 Å². The molecule has 1 heterocycles. The predicted octanol–water partition coefficient (Wildman–Crippen LogP) is 4.19. The minimum absolute atomic E-state index is 0.352. The number of aryl methyl sites for hydroxylation is 1. The standard InChI is InChI=1S/C15H17BrO2S/c1-11-3-2-4-14(7-11)18-6-5-13(17)9-15-8-12(16)10-19-15/h2-4,7-8,10,13,17H,5-6,9H2,1H3. The molecule has 0 saturated carbocycles. The molecule has 1 N–H and O–H groups in total. The van der Waals surface area contributed by atoms with Crippen LogP contribution in [-0.2, 0) is 6.42 Å². The molecule has 1 atom stereocenters. The van der Waals surface area contributed by atoms with Crippen LogP contribution >= 0.6 is 27.3 Å². The van der Waals surface area contributed by atoms with Gasteiger partial charge >= 0.3 is 0 Å². The van der Waals surface area contributed by atoms with E-state index >= 15 is 0 Å². The van der Waals surface area contributed by atoms with Gasteiger partial charge in [0, 0.05) is 27.6 Å². The number of halogens is 1. The normalized spacial score (nSPS) is 12.4. The number of thiophene rings is 1. The SMILES string of the molecule is Cc1cccc(OCCC(O)Cc2cc(Br)cs2)c1. The molecule has 4 heteroatoms. The van der Waals surface area contributed by atoms with E-state index in [2.05, 4.69) is 22.0 Å². The lowest BCUT2D eigenvalue weighted by Gasteiger charge is -2.11. The molecule has 1 aromatic carbocycles. The molecule has 2 rings (SSSR count). The van der Waals surface area contributed by atoms with Gasteiger partial charge in [-0.05, 0) is 46.6 Å². The Kier molecular flexibility index (Phi) is 5.43. The maximum atomic E-state index is 9.96. The molecule has 0 saturated heterocycles. The molecule has 0 spiro atoms. The Bertz CT molecular complexity index is 524. The van der Waals surface area contributed by atoms with E-state index in [4.69, 9.17) is 4.74 Å². The van der Waals surface area contributed by atoms with Gasteiger partial charge in [-0.2, -0.15) is 0 Å². The topological polar surface area (TPSA) is 29.5 Å². The third-order valence-electron chi connectivity index (χ3n) is 2.77. The van der Waals surface area contributed by atoms with Crippen molar-refractivity contribution < 1.29 is 9.84 Å². The molecule has 1 unspecified atom stereocenters. The molecule has 0 radical (unpaired) electrons. The van der Waals surface area contributed by atoms with E-state index in [1.165, 1.54) is 10.4 Å². The first-order valence-electron chi connectivity index (χ1n) is 6.24. The van der Waals surface area contributed by atoms with E-state index in [0.717, 1.165) is 10.2 Å². The van der Waals surface area contributed by atoms with Gasteiger partial charge in [-0.1, -0.05) is 12.1 Å². The van der Waals surface area contributed by atoms with Crippen molar-refractivity contribution in [3.05, 3.63) is 50.6 Å². The van der Waals surface area contributed by atoms with Crippen LogP contribution in [0.2, 0.25) is 0 Å². The fourth-order valence-corrected chi connectivity index (χ4v) is 3.34. The van der Waals surface area contributed by atoms with Gasteiger partial charge in [-0.15, -0.1) is 11.3 Å². The summed E-state index contributed by atoms with van der Waals surface area (Å²) in [6.45, 7) is 2.58. The van der Waals surface area contributed by atoms with Crippen LogP contribution in [0.25, 0.3) is 0 Å². The molecule has 1 aromatic heterocycles. The number of hydrogen-bond acceptors (Lipinski definition) is 3. The van der Waals surface area contributed by atoms with Crippen molar-refractivity contribution in [1.82, 2.24) is 0 Å². The summed E-state index contributed by atoms with van der Waals surface area (Å²) in [5.74, 6) is 0.867. The second-order valence-corrected chi connectivity index (χ2v) is 6.45. The van der Waals surface area contributed by atoms with Crippen molar-refractivity contribution in [2.24, 2.45) is 0 Å². The molecule has 0 fully saturated rings. The number of rotatable bonds is 6. The Hall–Kier alpha value is -0.840. The second-order valence-electron chi connectivity index (χ2n) is 4.54. The van der Waals surface area contributed by atoms with E-state index in [1.807, 2.05) is 36.6 Å². The maximum absolute atomic E-state index is 9.96. The maximum Gasteiger partial charge on any atom is 0.119 e. The Balaban J connectivity index is 1.73. The van der Waals surface area contributed by atoms with Gasteiger partial charge < -0.3 is 9.84 Å². The van der Waals surface area contributed by atoms with Gasteiger partial charge in [0.2, 0.25) is 0 Å². The van der Waals surface area contributed by atoms with Crippen molar-refractivity contribution in [1.29, 1.82) is 0 Å². The summed E-state index contributed by atoms with van der Waals surface area (Å²) in [7, 11) is 0. The zero-order chi connectivity index (χ0) is 13.7. The van der Waals surface area contributed by atoms with Gasteiger partial charge in [-0.25, -0.2) is 0 Å². The molecule has 102 valence electrons. The number of aliphatic hydroxyl groups excluding tert-OH is 1. The van der Waals surface area contributed by atoms with Crippen LogP contribution in [0.5, 0.6) is 5.75 Å². The van der Waals surface area contributed by atoms with E-state index < -0.39 is 0 Å².